The van der Waals surface area contributed by atoms with Crippen LogP contribution in [0.1, 0.15) is 11.1 Å². The van der Waals surface area contributed by atoms with E-state index in [1.54, 1.807) is 17.3 Å². The smallest absolute Gasteiger partial charge is 0.295 e. The summed E-state index contributed by atoms with van der Waals surface area (Å²) in [6.45, 7) is 1.85. The Kier molecular flexibility index (Phi) is 3.19. The lowest BCUT2D eigenvalue weighted by Crippen LogP contribution is -2.55. The third kappa shape index (κ3) is 1.88. The molecule has 0 saturated heterocycles. The summed E-state index contributed by atoms with van der Waals surface area (Å²) in [7, 11) is 1.49. The lowest BCUT2D eigenvalue weighted by Gasteiger charge is -2.04. The van der Waals surface area contributed by atoms with Gasteiger partial charge in [0.2, 0.25) is 0 Å². The number of hydrogen-bond acceptors (Lipinski definition) is 3. The molecule has 0 aliphatic carbocycles. The summed E-state index contributed by atoms with van der Waals surface area (Å²) in [6, 6.07) is 5.45. The summed E-state index contributed by atoms with van der Waals surface area (Å²) >= 11 is 0. The average molecular weight is 191 g/mol. The van der Waals surface area contributed by atoms with Crippen LogP contribution in [0, 0.1) is 23.2 Å². The number of nitriles is 1. The van der Waals surface area contributed by atoms with Crippen molar-refractivity contribution in [3.63, 3.8) is 0 Å². The maximum Gasteiger partial charge on any atom is 0.295 e. The molecule has 0 saturated carbocycles. The van der Waals surface area contributed by atoms with Crippen molar-refractivity contribution in [3.05, 3.63) is 28.2 Å². The van der Waals surface area contributed by atoms with Crippen LogP contribution in [0.25, 0.3) is 0 Å². The van der Waals surface area contributed by atoms with Crippen LogP contribution in [-0.4, -0.2) is 7.11 Å². The van der Waals surface area contributed by atoms with Crippen LogP contribution in [0.2, 0.25) is 0 Å². The van der Waals surface area contributed by atoms with Crippen LogP contribution < -0.4 is 9.91 Å². The molecule has 0 unspecified atom stereocenters. The Morgan fingerprint density at radius 1 is 1.57 bits per heavy atom. The van der Waals surface area contributed by atoms with E-state index in [1.807, 2.05) is 6.92 Å². The fraction of sp³-hybridized carbons (Fsp3) is 0.300. The summed E-state index contributed by atoms with van der Waals surface area (Å²) in [4.78, 5) is 10.5. The van der Waals surface area contributed by atoms with Crippen molar-refractivity contribution < 1.29 is 9.91 Å². The molecule has 1 aromatic rings. The molecule has 4 nitrogen and oxygen atoms in total. The standard InChI is InChI=1S/C10H10N2O2/c1-7-5-9(12-13)10(14-2)6-8(7)3-4-11/h5-6H,3H2,1-2H3/p+1. The van der Waals surface area contributed by atoms with Gasteiger partial charge in [-0.1, -0.05) is 0 Å². The Hall–Kier alpha value is -1.89. The fourth-order valence-corrected chi connectivity index (χ4v) is 1.25. The molecule has 14 heavy (non-hydrogen) atoms. The predicted octanol–water partition coefficient (Wildman–Crippen LogP) is 0.548. The average Bonchev–Trinajstić information content (AvgIpc) is 2.20. The normalized spacial score (nSPS) is 9.21. The van der Waals surface area contributed by atoms with Crippen molar-refractivity contribution in [3.8, 4) is 11.8 Å². The second-order valence-electron chi connectivity index (χ2n) is 2.92. The fourth-order valence-electron chi connectivity index (χ4n) is 1.25. The lowest BCUT2D eigenvalue weighted by molar-refractivity contribution is -0.380. The van der Waals surface area contributed by atoms with E-state index in [9.17, 15) is 4.91 Å². The molecule has 0 heterocycles. The molecule has 0 amide bonds. The quantitative estimate of drug-likeness (QED) is 0.758. The summed E-state index contributed by atoms with van der Waals surface area (Å²) in [5, 5.41) is 10.4. The number of ether oxygens (including phenoxy) is 1. The maximum absolute atomic E-state index is 10.5. The van der Waals surface area contributed by atoms with Crippen LogP contribution >= 0.6 is 0 Å². The largest absolute Gasteiger partial charge is 0.490 e. The maximum atomic E-state index is 10.5. The monoisotopic (exact) mass is 191 g/mol. The van der Waals surface area contributed by atoms with Gasteiger partial charge in [0.05, 0.1) is 19.6 Å². The molecule has 0 aliphatic heterocycles. The van der Waals surface area contributed by atoms with Crippen LogP contribution in [0.5, 0.6) is 5.75 Å². The van der Waals surface area contributed by atoms with E-state index in [2.05, 4.69) is 6.07 Å². The Balaban J connectivity index is 3.24. The minimum absolute atomic E-state index is 0.321. The van der Waals surface area contributed by atoms with E-state index in [-0.39, 0.29) is 0 Å². The van der Waals surface area contributed by atoms with Crippen LogP contribution in [0.15, 0.2) is 12.1 Å². The number of rotatable bonds is 3. The van der Waals surface area contributed by atoms with Crippen molar-refractivity contribution in [2.75, 3.05) is 7.11 Å². The van der Waals surface area contributed by atoms with Crippen molar-refractivity contribution in [1.29, 1.82) is 5.26 Å². The van der Waals surface area contributed by atoms with Crippen molar-refractivity contribution in [1.82, 2.24) is 0 Å². The van der Waals surface area contributed by atoms with E-state index in [4.69, 9.17) is 10.00 Å². The Morgan fingerprint density at radius 3 is 2.79 bits per heavy atom. The molecule has 0 radical (unpaired) electrons. The molecule has 0 fully saturated rings. The number of nitrogens with one attached hydrogen (secondary N) is 1. The van der Waals surface area contributed by atoms with Gasteiger partial charge in [-0.3, -0.25) is 0 Å². The number of aryl methyl sites for hydroxylation is 1. The first kappa shape index (κ1) is 10.2. The first-order chi connectivity index (χ1) is 6.72. The summed E-state index contributed by atoms with van der Waals surface area (Å²) < 4.78 is 5.01. The Labute approximate surface area is 82.1 Å². The minimum Gasteiger partial charge on any atom is -0.490 e. The van der Waals surface area contributed by atoms with Crippen LogP contribution in [0.4, 0.5) is 5.69 Å². The number of methoxy groups -OCH3 is 1. The molecule has 0 aromatic heterocycles. The summed E-state index contributed by atoms with van der Waals surface area (Å²) in [5.41, 5.74) is 2.18. The molecule has 4 heteroatoms. The first-order valence-corrected chi connectivity index (χ1v) is 4.15. The number of benzene rings is 1. The zero-order valence-electron chi connectivity index (χ0n) is 8.13. The number of nitrogens with zero attached hydrogens (tertiary/aromatic N) is 1. The van der Waals surface area contributed by atoms with Gasteiger partial charge in [-0.25, -0.2) is 0 Å². The second kappa shape index (κ2) is 4.38. The van der Waals surface area contributed by atoms with Crippen molar-refractivity contribution >= 4 is 5.69 Å². The third-order valence-electron chi connectivity index (χ3n) is 2.04. The zero-order valence-corrected chi connectivity index (χ0v) is 8.13. The van der Waals surface area contributed by atoms with Crippen LogP contribution in [0.3, 0.4) is 0 Å². The molecular formula is C10H11N2O2+. The molecular weight excluding hydrogens is 180 g/mol. The van der Waals surface area contributed by atoms with Gasteiger partial charge >= 0.3 is 0 Å². The van der Waals surface area contributed by atoms with Gasteiger partial charge in [0.15, 0.2) is 5.75 Å². The topological polar surface area (TPSA) is 64.1 Å². The van der Waals surface area contributed by atoms with E-state index in [0.717, 1.165) is 11.1 Å². The lowest BCUT2D eigenvalue weighted by atomic mass is 10.0. The molecule has 72 valence electrons. The molecule has 0 aliphatic rings. The number of hydrogen-bond donors (Lipinski definition) is 1. The van der Waals surface area contributed by atoms with Gasteiger partial charge in [0.1, 0.15) is 0 Å². The molecule has 0 atom stereocenters. The zero-order chi connectivity index (χ0) is 10.6. The Morgan fingerprint density at radius 2 is 2.29 bits per heavy atom. The van der Waals surface area contributed by atoms with Gasteiger partial charge in [-0.2, -0.15) is 5.26 Å². The first-order valence-electron chi connectivity index (χ1n) is 4.15. The van der Waals surface area contributed by atoms with Gasteiger partial charge in [-0.15, -0.1) is 0 Å². The van der Waals surface area contributed by atoms with Gasteiger partial charge in [-0.05, 0) is 24.1 Å². The summed E-state index contributed by atoms with van der Waals surface area (Å²) in [6.07, 6.45) is 0.321. The molecule has 1 N–H and O–H groups in total. The molecule has 1 aromatic carbocycles. The van der Waals surface area contributed by atoms with E-state index in [1.165, 1.54) is 7.11 Å². The highest BCUT2D eigenvalue weighted by Gasteiger charge is 2.12. The van der Waals surface area contributed by atoms with E-state index in [0.29, 0.717) is 17.9 Å². The molecule has 0 spiro atoms. The van der Waals surface area contributed by atoms with E-state index >= 15 is 0 Å². The Bertz CT molecular complexity index is 394. The second-order valence-corrected chi connectivity index (χ2v) is 2.92. The predicted molar refractivity (Wildman–Crippen MR) is 51.0 cm³/mol. The van der Waals surface area contributed by atoms with E-state index < -0.39 is 0 Å². The SMILES string of the molecule is COc1cc(CC#N)c(C)cc1[NH+]=O. The highest BCUT2D eigenvalue weighted by atomic mass is 16.5. The van der Waals surface area contributed by atoms with Crippen molar-refractivity contribution in [2.24, 2.45) is 0 Å². The molecule has 1 rings (SSSR count). The number of nitroso groups, excluding NO2 is 1. The van der Waals surface area contributed by atoms with Crippen LogP contribution in [-0.2, 0) is 6.42 Å². The highest BCUT2D eigenvalue weighted by Crippen LogP contribution is 2.24. The molecule has 0 bridgehead atoms. The van der Waals surface area contributed by atoms with Gasteiger partial charge in [0.25, 0.3) is 5.69 Å². The third-order valence-corrected chi connectivity index (χ3v) is 2.04. The van der Waals surface area contributed by atoms with Gasteiger partial charge < -0.3 is 4.74 Å². The van der Waals surface area contributed by atoms with Crippen molar-refractivity contribution in [2.45, 2.75) is 13.3 Å². The summed E-state index contributed by atoms with van der Waals surface area (Å²) in [5.74, 6) is 0.468. The minimum atomic E-state index is 0.321. The highest BCUT2D eigenvalue weighted by molar-refractivity contribution is 5.51. The van der Waals surface area contributed by atoms with Gasteiger partial charge in [0, 0.05) is 16.2 Å².